The van der Waals surface area contributed by atoms with Crippen LogP contribution in [0.5, 0.6) is 0 Å². The van der Waals surface area contributed by atoms with Crippen LogP contribution in [-0.2, 0) is 14.3 Å². The molecule has 0 spiro atoms. The Morgan fingerprint density at radius 3 is 2.56 bits per heavy atom. The second-order valence-corrected chi connectivity index (χ2v) is 6.91. The molecule has 0 fully saturated rings. The SMILES string of the molecule is COC(=O)C1=C(C)N(c2cccc(C)c2)C(=O)/C1=C\c1sccc1C. The molecule has 2 aromatic rings. The fraction of sp³-hybridized carbons (Fsp3) is 0.200. The molecular formula is C20H19NO3S. The topological polar surface area (TPSA) is 46.6 Å². The number of methoxy groups -OCH3 is 1. The molecule has 4 nitrogen and oxygen atoms in total. The van der Waals surface area contributed by atoms with E-state index >= 15 is 0 Å². The summed E-state index contributed by atoms with van der Waals surface area (Å²) in [6, 6.07) is 9.64. The van der Waals surface area contributed by atoms with E-state index in [0.717, 1.165) is 21.7 Å². The Balaban J connectivity index is 2.16. The van der Waals surface area contributed by atoms with Crippen molar-refractivity contribution in [3.8, 4) is 0 Å². The standard InChI is InChI=1S/C20H19NO3S/c1-12-6-5-7-15(10-12)21-14(3)18(20(23)24-4)16(19(21)22)11-17-13(2)8-9-25-17/h5-11H,1-4H3/b16-11-. The van der Waals surface area contributed by atoms with Gasteiger partial charge >= 0.3 is 5.97 Å². The Kier molecular flexibility index (Phi) is 4.59. The summed E-state index contributed by atoms with van der Waals surface area (Å²) in [7, 11) is 1.33. The first-order valence-corrected chi connectivity index (χ1v) is 8.78. The molecule has 2 heterocycles. The van der Waals surface area contributed by atoms with Crippen LogP contribution in [0.25, 0.3) is 6.08 Å². The van der Waals surface area contributed by atoms with E-state index in [9.17, 15) is 9.59 Å². The maximum atomic E-state index is 13.1. The zero-order valence-electron chi connectivity index (χ0n) is 14.6. The van der Waals surface area contributed by atoms with Crippen molar-refractivity contribution < 1.29 is 14.3 Å². The average Bonchev–Trinajstić information content (AvgIpc) is 3.09. The highest BCUT2D eigenvalue weighted by Gasteiger charge is 2.38. The number of benzene rings is 1. The zero-order chi connectivity index (χ0) is 18.1. The van der Waals surface area contributed by atoms with E-state index in [4.69, 9.17) is 4.74 Å². The average molecular weight is 353 g/mol. The summed E-state index contributed by atoms with van der Waals surface area (Å²) in [5, 5.41) is 1.97. The number of anilines is 1. The minimum Gasteiger partial charge on any atom is -0.465 e. The van der Waals surface area contributed by atoms with E-state index in [1.807, 2.05) is 49.6 Å². The minimum atomic E-state index is -0.499. The Morgan fingerprint density at radius 1 is 1.20 bits per heavy atom. The van der Waals surface area contributed by atoms with Gasteiger partial charge in [0.25, 0.3) is 5.91 Å². The van der Waals surface area contributed by atoms with Crippen LogP contribution in [0.15, 0.2) is 52.6 Å². The first-order valence-electron chi connectivity index (χ1n) is 7.90. The van der Waals surface area contributed by atoms with E-state index in [1.165, 1.54) is 18.4 Å². The van der Waals surface area contributed by atoms with Gasteiger partial charge in [-0.1, -0.05) is 12.1 Å². The van der Waals surface area contributed by atoms with Crippen molar-refractivity contribution in [3.05, 3.63) is 68.6 Å². The molecule has 5 heteroatoms. The lowest BCUT2D eigenvalue weighted by molar-refractivity contribution is -0.136. The maximum Gasteiger partial charge on any atom is 0.340 e. The number of hydrogen-bond donors (Lipinski definition) is 0. The van der Waals surface area contributed by atoms with Gasteiger partial charge in [-0.15, -0.1) is 11.3 Å². The molecule has 0 saturated carbocycles. The van der Waals surface area contributed by atoms with Crippen LogP contribution in [0, 0.1) is 13.8 Å². The van der Waals surface area contributed by atoms with Crippen molar-refractivity contribution in [1.29, 1.82) is 0 Å². The molecule has 25 heavy (non-hydrogen) atoms. The number of carbonyl (C=O) groups is 2. The van der Waals surface area contributed by atoms with E-state index < -0.39 is 5.97 Å². The number of amides is 1. The zero-order valence-corrected chi connectivity index (χ0v) is 15.4. The van der Waals surface area contributed by atoms with Gasteiger partial charge in [0, 0.05) is 16.3 Å². The summed E-state index contributed by atoms with van der Waals surface area (Å²) in [5.74, 6) is -0.710. The highest BCUT2D eigenvalue weighted by molar-refractivity contribution is 7.11. The number of carbonyl (C=O) groups excluding carboxylic acids is 2. The minimum absolute atomic E-state index is 0.212. The quantitative estimate of drug-likeness (QED) is 0.612. The number of ether oxygens (including phenoxy) is 1. The van der Waals surface area contributed by atoms with Gasteiger partial charge in [-0.25, -0.2) is 4.79 Å². The van der Waals surface area contributed by atoms with Gasteiger partial charge < -0.3 is 4.74 Å². The van der Waals surface area contributed by atoms with Crippen LogP contribution in [0.2, 0.25) is 0 Å². The lowest BCUT2D eigenvalue weighted by Crippen LogP contribution is -2.24. The van der Waals surface area contributed by atoms with Crippen LogP contribution in [-0.4, -0.2) is 19.0 Å². The first kappa shape index (κ1) is 17.2. The van der Waals surface area contributed by atoms with Crippen LogP contribution in [0.4, 0.5) is 5.69 Å². The molecule has 0 unspecified atom stereocenters. The Hall–Kier alpha value is -2.66. The van der Waals surface area contributed by atoms with Crippen LogP contribution in [0.3, 0.4) is 0 Å². The fourth-order valence-electron chi connectivity index (χ4n) is 2.92. The molecule has 0 bridgehead atoms. The number of aryl methyl sites for hydroxylation is 2. The summed E-state index contributed by atoms with van der Waals surface area (Å²) in [6.45, 7) is 5.72. The molecule has 128 valence electrons. The van der Waals surface area contributed by atoms with Gasteiger partial charge in [-0.2, -0.15) is 0 Å². The van der Waals surface area contributed by atoms with Crippen molar-refractivity contribution in [3.63, 3.8) is 0 Å². The van der Waals surface area contributed by atoms with Crippen molar-refractivity contribution in [2.75, 3.05) is 12.0 Å². The lowest BCUT2D eigenvalue weighted by atomic mass is 10.1. The van der Waals surface area contributed by atoms with Crippen molar-refractivity contribution in [1.82, 2.24) is 0 Å². The molecular weight excluding hydrogens is 334 g/mol. The molecule has 0 aliphatic carbocycles. The number of thiophene rings is 1. The van der Waals surface area contributed by atoms with Gasteiger partial charge in [0.15, 0.2) is 0 Å². The Morgan fingerprint density at radius 2 is 1.96 bits per heavy atom. The van der Waals surface area contributed by atoms with E-state index in [2.05, 4.69) is 0 Å². The lowest BCUT2D eigenvalue weighted by Gasteiger charge is -2.18. The molecule has 0 saturated heterocycles. The Labute approximate surface area is 151 Å². The van der Waals surface area contributed by atoms with Crippen molar-refractivity contribution in [2.24, 2.45) is 0 Å². The number of nitrogens with zero attached hydrogens (tertiary/aromatic N) is 1. The van der Waals surface area contributed by atoms with Gasteiger partial charge in [0.2, 0.25) is 0 Å². The second-order valence-electron chi connectivity index (χ2n) is 5.96. The monoisotopic (exact) mass is 353 g/mol. The first-order chi connectivity index (χ1) is 11.9. The second kappa shape index (κ2) is 6.69. The molecule has 1 amide bonds. The summed E-state index contributed by atoms with van der Waals surface area (Å²) >= 11 is 1.54. The molecule has 1 aromatic heterocycles. The molecule has 3 rings (SSSR count). The van der Waals surface area contributed by atoms with Crippen LogP contribution < -0.4 is 4.90 Å². The molecule has 1 aromatic carbocycles. The van der Waals surface area contributed by atoms with Crippen LogP contribution in [0.1, 0.15) is 22.9 Å². The normalized spacial score (nSPS) is 16.1. The molecule has 0 radical (unpaired) electrons. The molecule has 0 N–H and O–H groups in total. The highest BCUT2D eigenvalue weighted by Crippen LogP contribution is 2.36. The van der Waals surface area contributed by atoms with Crippen molar-refractivity contribution in [2.45, 2.75) is 20.8 Å². The predicted octanol–water partition coefficient (Wildman–Crippen LogP) is 4.24. The van der Waals surface area contributed by atoms with Crippen LogP contribution >= 0.6 is 11.3 Å². The third-order valence-corrected chi connectivity index (χ3v) is 5.19. The maximum absolute atomic E-state index is 13.1. The summed E-state index contributed by atoms with van der Waals surface area (Å²) in [4.78, 5) is 28.0. The summed E-state index contributed by atoms with van der Waals surface area (Å²) < 4.78 is 4.93. The van der Waals surface area contributed by atoms with Crippen molar-refractivity contribution >= 4 is 35.0 Å². The predicted molar refractivity (Wildman–Crippen MR) is 100 cm³/mol. The third-order valence-electron chi connectivity index (χ3n) is 4.23. The van der Waals surface area contributed by atoms with E-state index in [-0.39, 0.29) is 5.91 Å². The number of hydrogen-bond acceptors (Lipinski definition) is 4. The number of rotatable bonds is 3. The summed E-state index contributed by atoms with van der Waals surface area (Å²) in [5.41, 5.74) is 4.14. The molecule has 0 atom stereocenters. The molecule has 1 aliphatic heterocycles. The number of allylic oxidation sites excluding steroid dienone is 1. The highest BCUT2D eigenvalue weighted by atomic mass is 32.1. The molecule has 1 aliphatic rings. The van der Waals surface area contributed by atoms with E-state index in [0.29, 0.717) is 16.8 Å². The number of esters is 1. The van der Waals surface area contributed by atoms with Gasteiger partial charge in [0.05, 0.1) is 18.3 Å². The largest absolute Gasteiger partial charge is 0.465 e. The third kappa shape index (κ3) is 3.03. The smallest absolute Gasteiger partial charge is 0.340 e. The van der Waals surface area contributed by atoms with E-state index in [1.54, 1.807) is 17.9 Å². The van der Waals surface area contributed by atoms with Gasteiger partial charge in [-0.3, -0.25) is 9.69 Å². The van der Waals surface area contributed by atoms with Gasteiger partial charge in [-0.05, 0) is 61.6 Å². The summed E-state index contributed by atoms with van der Waals surface area (Å²) in [6.07, 6.45) is 1.79. The Bertz CT molecular complexity index is 921. The van der Waals surface area contributed by atoms with Gasteiger partial charge in [0.1, 0.15) is 0 Å². The fourth-order valence-corrected chi connectivity index (χ4v) is 3.78.